The zero-order valence-electron chi connectivity index (χ0n) is 15.7. The molecule has 3 N–H and O–H groups in total. The molecule has 0 saturated carbocycles. The van der Waals surface area contributed by atoms with Crippen LogP contribution in [-0.4, -0.2) is 23.1 Å². The summed E-state index contributed by atoms with van der Waals surface area (Å²) in [4.78, 5) is 11.0. The number of hydrogen-bond donors (Lipinski definition) is 2. The van der Waals surface area contributed by atoms with E-state index in [-0.39, 0.29) is 0 Å². The second-order valence-corrected chi connectivity index (χ2v) is 7.65. The Morgan fingerprint density at radius 2 is 1.82 bits per heavy atom. The summed E-state index contributed by atoms with van der Waals surface area (Å²) < 4.78 is 0. The predicted octanol–water partition coefficient (Wildman–Crippen LogP) is 4.91. The van der Waals surface area contributed by atoms with Gasteiger partial charge < -0.3 is 16.0 Å². The summed E-state index contributed by atoms with van der Waals surface area (Å²) in [6.45, 7) is 1.91. The fourth-order valence-electron chi connectivity index (χ4n) is 3.74. The Kier molecular flexibility index (Phi) is 5.63. The Labute approximate surface area is 170 Å². The largest absolute Gasteiger partial charge is 0.393 e. The molecule has 0 amide bonds. The van der Waals surface area contributed by atoms with Crippen LogP contribution in [0, 0.1) is 5.92 Å². The van der Waals surface area contributed by atoms with Gasteiger partial charge in [-0.2, -0.15) is 0 Å². The molecule has 0 atom stereocenters. The molecule has 4 rings (SSSR count). The van der Waals surface area contributed by atoms with Crippen molar-refractivity contribution in [3.05, 3.63) is 71.5 Å². The van der Waals surface area contributed by atoms with Crippen molar-refractivity contribution in [2.45, 2.75) is 19.3 Å². The number of nitrogen functional groups attached to an aromatic ring is 1. The monoisotopic (exact) mass is 393 g/mol. The van der Waals surface area contributed by atoms with E-state index in [9.17, 15) is 0 Å². The van der Waals surface area contributed by atoms with E-state index in [1.807, 2.05) is 24.3 Å². The first kappa shape index (κ1) is 18.6. The third-order valence-corrected chi connectivity index (χ3v) is 5.47. The van der Waals surface area contributed by atoms with Crippen LogP contribution in [0.25, 0.3) is 0 Å². The number of nitrogens with two attached hydrogens (primary N) is 1. The van der Waals surface area contributed by atoms with Gasteiger partial charge in [0.05, 0.1) is 0 Å². The van der Waals surface area contributed by atoms with Gasteiger partial charge >= 0.3 is 0 Å². The number of benzene rings is 2. The number of aromatic nitrogens is 2. The molecule has 2 aromatic carbocycles. The molecule has 1 saturated heterocycles. The van der Waals surface area contributed by atoms with Crippen LogP contribution in [0.2, 0.25) is 5.02 Å². The summed E-state index contributed by atoms with van der Waals surface area (Å²) in [7, 11) is 0. The van der Waals surface area contributed by atoms with Crippen molar-refractivity contribution in [2.24, 2.45) is 5.92 Å². The van der Waals surface area contributed by atoms with Gasteiger partial charge in [-0.25, -0.2) is 9.97 Å². The average Bonchev–Trinajstić information content (AvgIpc) is 2.71. The highest BCUT2D eigenvalue weighted by Gasteiger charge is 2.23. The van der Waals surface area contributed by atoms with Gasteiger partial charge in [-0.3, -0.25) is 0 Å². The standard InChI is InChI=1S/C22H24ClN5/c23-18-7-4-8-19(14-18)27-21-20(24)22(26-15-25-21)28-11-9-17(10-12-28)13-16-5-2-1-3-6-16/h1-8,14-15,17H,9-13,24H2,(H,25,26,27). The fraction of sp³-hybridized carbons (Fsp3) is 0.273. The molecular formula is C22H24ClN5. The lowest BCUT2D eigenvalue weighted by Crippen LogP contribution is -2.35. The van der Waals surface area contributed by atoms with Crippen molar-refractivity contribution in [3.63, 3.8) is 0 Å². The first-order valence-electron chi connectivity index (χ1n) is 9.61. The Morgan fingerprint density at radius 1 is 1.04 bits per heavy atom. The van der Waals surface area contributed by atoms with Gasteiger partial charge in [-0.1, -0.05) is 48.0 Å². The third kappa shape index (κ3) is 4.37. The lowest BCUT2D eigenvalue weighted by atomic mass is 9.90. The third-order valence-electron chi connectivity index (χ3n) is 5.23. The minimum absolute atomic E-state index is 0.573. The van der Waals surface area contributed by atoms with E-state index in [4.69, 9.17) is 17.3 Å². The maximum atomic E-state index is 6.40. The van der Waals surface area contributed by atoms with Crippen LogP contribution < -0.4 is 16.0 Å². The van der Waals surface area contributed by atoms with Gasteiger partial charge in [0.15, 0.2) is 11.6 Å². The highest BCUT2D eigenvalue weighted by molar-refractivity contribution is 6.30. The summed E-state index contributed by atoms with van der Waals surface area (Å²) in [5.41, 5.74) is 9.23. The molecule has 0 radical (unpaired) electrons. The molecule has 6 heteroatoms. The second-order valence-electron chi connectivity index (χ2n) is 7.22. The van der Waals surface area contributed by atoms with Gasteiger partial charge in [0.2, 0.25) is 0 Å². The molecule has 1 fully saturated rings. The van der Waals surface area contributed by atoms with Crippen molar-refractivity contribution >= 4 is 34.6 Å². The number of nitrogens with one attached hydrogen (secondary N) is 1. The van der Waals surface area contributed by atoms with E-state index >= 15 is 0 Å². The van der Waals surface area contributed by atoms with Crippen LogP contribution in [0.3, 0.4) is 0 Å². The van der Waals surface area contributed by atoms with E-state index in [0.29, 0.717) is 22.4 Å². The number of hydrogen-bond acceptors (Lipinski definition) is 5. The number of piperidine rings is 1. The molecule has 3 aromatic rings. The number of nitrogens with zero attached hydrogens (tertiary/aromatic N) is 3. The van der Waals surface area contributed by atoms with Crippen LogP contribution in [0.5, 0.6) is 0 Å². The SMILES string of the molecule is Nc1c(Nc2cccc(Cl)c2)ncnc1N1CCC(Cc2ccccc2)CC1. The number of rotatable bonds is 5. The van der Waals surface area contributed by atoms with Gasteiger partial charge in [-0.05, 0) is 48.9 Å². The molecule has 5 nitrogen and oxygen atoms in total. The van der Waals surface area contributed by atoms with Crippen molar-refractivity contribution < 1.29 is 0 Å². The zero-order valence-corrected chi connectivity index (χ0v) is 16.4. The highest BCUT2D eigenvalue weighted by atomic mass is 35.5. The molecule has 0 bridgehead atoms. The highest BCUT2D eigenvalue weighted by Crippen LogP contribution is 2.32. The zero-order chi connectivity index (χ0) is 19.3. The summed E-state index contributed by atoms with van der Waals surface area (Å²) in [5, 5.41) is 3.91. The normalized spacial score (nSPS) is 14.8. The maximum Gasteiger partial charge on any atom is 0.159 e. The predicted molar refractivity (Wildman–Crippen MR) is 116 cm³/mol. The van der Waals surface area contributed by atoms with Crippen LogP contribution in [0.15, 0.2) is 60.9 Å². The van der Waals surface area contributed by atoms with Gasteiger partial charge in [0, 0.05) is 23.8 Å². The van der Waals surface area contributed by atoms with Crippen molar-refractivity contribution in [1.82, 2.24) is 9.97 Å². The lowest BCUT2D eigenvalue weighted by molar-refractivity contribution is 0.402. The first-order valence-corrected chi connectivity index (χ1v) is 9.99. The molecule has 1 aliphatic heterocycles. The van der Waals surface area contributed by atoms with E-state index < -0.39 is 0 Å². The molecule has 28 heavy (non-hydrogen) atoms. The molecule has 1 aromatic heterocycles. The smallest absolute Gasteiger partial charge is 0.159 e. The minimum Gasteiger partial charge on any atom is -0.393 e. The maximum absolute atomic E-state index is 6.40. The molecule has 0 unspecified atom stereocenters. The Bertz CT molecular complexity index is 923. The Morgan fingerprint density at radius 3 is 2.57 bits per heavy atom. The van der Waals surface area contributed by atoms with Gasteiger partial charge in [-0.15, -0.1) is 0 Å². The van der Waals surface area contributed by atoms with Crippen molar-refractivity contribution in [3.8, 4) is 0 Å². The van der Waals surface area contributed by atoms with E-state index in [1.54, 1.807) is 6.33 Å². The van der Waals surface area contributed by atoms with Gasteiger partial charge in [0.1, 0.15) is 12.0 Å². The summed E-state index contributed by atoms with van der Waals surface area (Å²) in [6, 6.07) is 18.2. The molecular weight excluding hydrogens is 370 g/mol. The quantitative estimate of drug-likeness (QED) is 0.644. The Hall–Kier alpha value is -2.79. The Balaban J connectivity index is 1.42. The minimum atomic E-state index is 0.573. The van der Waals surface area contributed by atoms with E-state index in [2.05, 4.69) is 50.5 Å². The molecule has 2 heterocycles. The number of anilines is 4. The molecule has 0 spiro atoms. The topological polar surface area (TPSA) is 67.1 Å². The lowest BCUT2D eigenvalue weighted by Gasteiger charge is -2.33. The van der Waals surface area contributed by atoms with Crippen LogP contribution >= 0.6 is 11.6 Å². The van der Waals surface area contributed by atoms with E-state index in [0.717, 1.165) is 43.9 Å². The fourth-order valence-corrected chi connectivity index (χ4v) is 3.93. The van der Waals surface area contributed by atoms with E-state index in [1.165, 1.54) is 5.56 Å². The van der Waals surface area contributed by atoms with Crippen molar-refractivity contribution in [1.29, 1.82) is 0 Å². The summed E-state index contributed by atoms with van der Waals surface area (Å²) >= 11 is 6.06. The number of halogens is 1. The van der Waals surface area contributed by atoms with Gasteiger partial charge in [0.25, 0.3) is 0 Å². The van der Waals surface area contributed by atoms with Crippen LogP contribution in [0.1, 0.15) is 18.4 Å². The van der Waals surface area contributed by atoms with Crippen LogP contribution in [0.4, 0.5) is 23.0 Å². The molecule has 1 aliphatic rings. The summed E-state index contributed by atoms with van der Waals surface area (Å²) in [5.74, 6) is 2.11. The molecule has 144 valence electrons. The van der Waals surface area contributed by atoms with Crippen molar-refractivity contribution in [2.75, 3.05) is 29.0 Å². The first-order chi connectivity index (χ1) is 13.7. The summed E-state index contributed by atoms with van der Waals surface area (Å²) in [6.07, 6.45) is 4.97. The average molecular weight is 394 g/mol. The molecule has 0 aliphatic carbocycles. The second kappa shape index (κ2) is 8.48. The van der Waals surface area contributed by atoms with Crippen LogP contribution in [-0.2, 0) is 6.42 Å².